The van der Waals surface area contributed by atoms with Crippen molar-refractivity contribution in [3.63, 3.8) is 0 Å². The molecule has 2 fully saturated rings. The van der Waals surface area contributed by atoms with Crippen LogP contribution in [0.4, 0.5) is 0 Å². The second-order valence-corrected chi connectivity index (χ2v) is 14.4. The van der Waals surface area contributed by atoms with Gasteiger partial charge in [0.05, 0.1) is 11.1 Å². The molecule has 3 aromatic rings. The summed E-state index contributed by atoms with van der Waals surface area (Å²) in [6, 6.07) is 16.4. The number of phenols is 1. The Kier molecular flexibility index (Phi) is 12.2. The van der Waals surface area contributed by atoms with Crippen LogP contribution in [0.5, 0.6) is 5.75 Å². The second kappa shape index (κ2) is 16.5. The monoisotopic (exact) mass is 638 g/mol. The fraction of sp³-hybridized carbons (Fsp3) is 0.524. The summed E-state index contributed by atoms with van der Waals surface area (Å²) in [7, 11) is 0. The summed E-state index contributed by atoms with van der Waals surface area (Å²) in [4.78, 5) is 24.6. The average Bonchev–Trinajstić information content (AvgIpc) is 3.08. The van der Waals surface area contributed by atoms with Gasteiger partial charge >= 0.3 is 11.9 Å². The average molecular weight is 639 g/mol. The first-order chi connectivity index (χ1) is 22.8. The molecule has 0 radical (unpaired) electrons. The van der Waals surface area contributed by atoms with E-state index in [1.165, 1.54) is 77.0 Å². The van der Waals surface area contributed by atoms with Crippen LogP contribution in [0.1, 0.15) is 160 Å². The fourth-order valence-electron chi connectivity index (χ4n) is 8.33. The highest BCUT2D eigenvalue weighted by Crippen LogP contribution is 2.43. The number of benzene rings is 3. The molecule has 0 aromatic heterocycles. The summed E-state index contributed by atoms with van der Waals surface area (Å²) in [6.45, 7) is 4.49. The summed E-state index contributed by atoms with van der Waals surface area (Å²) in [6.07, 6.45) is 19.6. The molecule has 0 unspecified atom stereocenters. The Hall–Kier alpha value is -3.60. The van der Waals surface area contributed by atoms with Crippen LogP contribution >= 0.6 is 0 Å². The van der Waals surface area contributed by atoms with Gasteiger partial charge in [0, 0.05) is 11.1 Å². The van der Waals surface area contributed by atoms with Gasteiger partial charge in [0.1, 0.15) is 5.75 Å². The van der Waals surface area contributed by atoms with E-state index in [4.69, 9.17) is 0 Å². The van der Waals surface area contributed by atoms with Crippen LogP contribution in [-0.4, -0.2) is 27.3 Å². The molecule has 5 nitrogen and oxygen atoms in total. The van der Waals surface area contributed by atoms with E-state index in [9.17, 15) is 24.9 Å². The normalized spacial score (nSPS) is 21.4. The van der Waals surface area contributed by atoms with Crippen LogP contribution in [0, 0.1) is 11.8 Å². The van der Waals surface area contributed by atoms with E-state index in [0.29, 0.717) is 34.1 Å². The van der Waals surface area contributed by atoms with E-state index in [1.807, 2.05) is 30.3 Å². The summed E-state index contributed by atoms with van der Waals surface area (Å²) >= 11 is 0. The van der Waals surface area contributed by atoms with Gasteiger partial charge in [0.2, 0.25) is 0 Å². The third kappa shape index (κ3) is 8.66. The van der Waals surface area contributed by atoms with Crippen molar-refractivity contribution in [2.45, 2.75) is 128 Å². The largest absolute Gasteiger partial charge is 0.507 e. The molecule has 2 saturated carbocycles. The number of aromatic carboxylic acids is 2. The molecule has 3 N–H and O–H groups in total. The maximum atomic E-state index is 12.3. The molecular formula is C42H54O5. The number of hydrogen-bond donors (Lipinski definition) is 3. The highest BCUT2D eigenvalue weighted by Gasteiger charge is 2.26. The third-order valence-electron chi connectivity index (χ3n) is 11.2. The Morgan fingerprint density at radius 2 is 1.04 bits per heavy atom. The zero-order valence-electron chi connectivity index (χ0n) is 28.5. The minimum Gasteiger partial charge on any atom is -0.507 e. The summed E-state index contributed by atoms with van der Waals surface area (Å²) in [5.41, 5.74) is 4.81. The van der Waals surface area contributed by atoms with Gasteiger partial charge in [-0.25, -0.2) is 9.59 Å². The lowest BCUT2D eigenvalue weighted by molar-refractivity contribution is 0.0686. The smallest absolute Gasteiger partial charge is 0.336 e. The molecule has 5 rings (SSSR count). The molecule has 0 amide bonds. The molecule has 47 heavy (non-hydrogen) atoms. The number of hydrogen-bond acceptors (Lipinski definition) is 3. The van der Waals surface area contributed by atoms with Crippen LogP contribution in [-0.2, 0) is 0 Å². The van der Waals surface area contributed by atoms with Crippen molar-refractivity contribution < 1.29 is 24.9 Å². The molecule has 5 heteroatoms. The van der Waals surface area contributed by atoms with Crippen LogP contribution in [0.25, 0.3) is 22.3 Å². The molecule has 2 aliphatic carbocycles. The molecule has 0 bridgehead atoms. The van der Waals surface area contributed by atoms with E-state index in [1.54, 1.807) is 24.3 Å². The molecule has 252 valence electrons. The Morgan fingerprint density at radius 1 is 0.574 bits per heavy atom. The highest BCUT2D eigenvalue weighted by molar-refractivity contribution is 5.99. The van der Waals surface area contributed by atoms with Gasteiger partial charge in [-0.05, 0) is 122 Å². The SMILES string of the molecule is CCCCCC1CCC(c2ccc(C(=O)O)c(-c3ccc(-c4cc(C5CCC(CCCCC)CC5)ccc4C(=O)O)c(O)c3)c2)CC1. The zero-order valence-corrected chi connectivity index (χ0v) is 28.5. The van der Waals surface area contributed by atoms with E-state index in [2.05, 4.69) is 13.8 Å². The molecular weight excluding hydrogens is 584 g/mol. The minimum atomic E-state index is -1.03. The van der Waals surface area contributed by atoms with E-state index >= 15 is 0 Å². The van der Waals surface area contributed by atoms with Gasteiger partial charge in [-0.2, -0.15) is 0 Å². The van der Waals surface area contributed by atoms with Crippen LogP contribution < -0.4 is 0 Å². The van der Waals surface area contributed by atoms with Crippen molar-refractivity contribution in [3.05, 3.63) is 76.9 Å². The summed E-state index contributed by atoms with van der Waals surface area (Å²) in [5.74, 6) is 0.279. The van der Waals surface area contributed by atoms with E-state index in [0.717, 1.165) is 48.6 Å². The third-order valence-corrected chi connectivity index (χ3v) is 11.2. The number of carbonyl (C=O) groups is 2. The molecule has 0 spiro atoms. The molecule has 0 heterocycles. The summed E-state index contributed by atoms with van der Waals surface area (Å²) in [5, 5.41) is 31.5. The maximum absolute atomic E-state index is 12.3. The Balaban J connectivity index is 1.38. The molecule has 3 aromatic carbocycles. The van der Waals surface area contributed by atoms with Gasteiger partial charge in [0.25, 0.3) is 0 Å². The first-order valence-electron chi connectivity index (χ1n) is 18.4. The first kappa shape index (κ1) is 34.7. The predicted molar refractivity (Wildman–Crippen MR) is 191 cm³/mol. The molecule has 2 aliphatic rings. The predicted octanol–water partition coefficient (Wildman–Crippen LogP) is 11.8. The molecule has 0 aliphatic heterocycles. The number of phenolic OH excluding ortho intramolecular Hbond substituents is 1. The first-order valence-corrected chi connectivity index (χ1v) is 18.4. The quantitative estimate of drug-likeness (QED) is 0.153. The minimum absolute atomic E-state index is 0.0453. The topological polar surface area (TPSA) is 94.8 Å². The standard InChI is InChI=1S/C42H54O5/c1-3-5-7-9-28-11-15-30(16-12-28)32-19-23-36(41(44)45)38(25-32)34-21-22-35(40(43)27-34)39-26-33(20-24-37(39)42(46)47)31-17-13-29(14-18-31)10-8-6-4-2/h19-31,43H,3-18H2,1-2H3,(H,44,45)(H,46,47). The van der Waals surface area contributed by atoms with Gasteiger partial charge in [-0.15, -0.1) is 0 Å². The lowest BCUT2D eigenvalue weighted by Gasteiger charge is -2.29. The second-order valence-electron chi connectivity index (χ2n) is 14.4. The number of unbranched alkanes of at least 4 members (excludes halogenated alkanes) is 4. The maximum Gasteiger partial charge on any atom is 0.336 e. The lowest BCUT2D eigenvalue weighted by atomic mass is 9.76. The van der Waals surface area contributed by atoms with Crippen molar-refractivity contribution in [2.75, 3.05) is 0 Å². The highest BCUT2D eigenvalue weighted by atomic mass is 16.4. The molecule has 0 saturated heterocycles. The number of carboxylic acid groups (broad SMARTS) is 2. The molecule has 0 atom stereocenters. The van der Waals surface area contributed by atoms with Gasteiger partial charge < -0.3 is 15.3 Å². The van der Waals surface area contributed by atoms with Crippen LogP contribution in [0.2, 0.25) is 0 Å². The van der Waals surface area contributed by atoms with Crippen molar-refractivity contribution in [3.8, 4) is 28.0 Å². The fourth-order valence-corrected chi connectivity index (χ4v) is 8.33. The van der Waals surface area contributed by atoms with Gasteiger partial charge in [-0.1, -0.05) is 95.5 Å². The Labute approximate surface area is 281 Å². The summed E-state index contributed by atoms with van der Waals surface area (Å²) < 4.78 is 0. The van der Waals surface area contributed by atoms with Crippen molar-refractivity contribution >= 4 is 11.9 Å². The van der Waals surface area contributed by atoms with Gasteiger partial charge in [0.15, 0.2) is 0 Å². The van der Waals surface area contributed by atoms with Crippen LogP contribution in [0.15, 0.2) is 54.6 Å². The van der Waals surface area contributed by atoms with Crippen molar-refractivity contribution in [1.82, 2.24) is 0 Å². The van der Waals surface area contributed by atoms with Crippen molar-refractivity contribution in [1.29, 1.82) is 0 Å². The number of aromatic hydroxyl groups is 1. The Morgan fingerprint density at radius 3 is 1.49 bits per heavy atom. The Bertz CT molecular complexity index is 1510. The van der Waals surface area contributed by atoms with E-state index in [-0.39, 0.29) is 16.9 Å². The van der Waals surface area contributed by atoms with Crippen molar-refractivity contribution in [2.24, 2.45) is 11.8 Å². The van der Waals surface area contributed by atoms with E-state index < -0.39 is 11.9 Å². The van der Waals surface area contributed by atoms with Crippen LogP contribution in [0.3, 0.4) is 0 Å². The number of rotatable bonds is 14. The zero-order chi connectivity index (χ0) is 33.3. The van der Waals surface area contributed by atoms with Gasteiger partial charge in [-0.3, -0.25) is 0 Å². The lowest BCUT2D eigenvalue weighted by Crippen LogP contribution is -2.14. The number of carboxylic acids is 2.